The van der Waals surface area contributed by atoms with Crippen molar-refractivity contribution < 1.29 is 18.0 Å². The standard InChI is InChI=1S/C12H21F3N4O/c1-4-16-11(18-9-5-8(9)2)17-6-10(20)19(3)7-12(13,14)15/h8-9H,4-7H2,1-3H3,(H2,16,17,18). The molecule has 1 aliphatic carbocycles. The minimum absolute atomic E-state index is 0.303. The normalized spacial score (nSPS) is 22.4. The Kier molecular flexibility index (Phi) is 5.64. The number of alkyl halides is 3. The van der Waals surface area contributed by atoms with Crippen molar-refractivity contribution in [1.82, 2.24) is 15.5 Å². The summed E-state index contributed by atoms with van der Waals surface area (Å²) in [6.07, 6.45) is -3.35. The fourth-order valence-electron chi connectivity index (χ4n) is 1.64. The van der Waals surface area contributed by atoms with Gasteiger partial charge in [0, 0.05) is 19.6 Å². The van der Waals surface area contributed by atoms with Crippen molar-refractivity contribution in [1.29, 1.82) is 0 Å². The van der Waals surface area contributed by atoms with Gasteiger partial charge in [0.25, 0.3) is 0 Å². The van der Waals surface area contributed by atoms with Gasteiger partial charge in [-0.25, -0.2) is 4.99 Å². The average Bonchev–Trinajstić information content (AvgIpc) is 2.99. The largest absolute Gasteiger partial charge is 0.406 e. The number of rotatable bonds is 5. The first-order valence-electron chi connectivity index (χ1n) is 6.58. The first-order valence-corrected chi connectivity index (χ1v) is 6.58. The van der Waals surface area contributed by atoms with Gasteiger partial charge < -0.3 is 15.5 Å². The van der Waals surface area contributed by atoms with Gasteiger partial charge in [0.15, 0.2) is 5.96 Å². The summed E-state index contributed by atoms with van der Waals surface area (Å²) < 4.78 is 36.5. The Hall–Kier alpha value is -1.47. The molecular formula is C12H21F3N4O. The number of nitrogens with zero attached hydrogens (tertiary/aromatic N) is 2. The molecule has 0 bridgehead atoms. The molecule has 0 spiro atoms. The number of guanidine groups is 1. The third-order valence-corrected chi connectivity index (χ3v) is 2.99. The van der Waals surface area contributed by atoms with Crippen LogP contribution in [0.5, 0.6) is 0 Å². The fraction of sp³-hybridized carbons (Fsp3) is 0.833. The summed E-state index contributed by atoms with van der Waals surface area (Å²) in [7, 11) is 1.12. The van der Waals surface area contributed by atoms with Crippen LogP contribution in [-0.4, -0.2) is 55.7 Å². The van der Waals surface area contributed by atoms with Crippen LogP contribution in [0.25, 0.3) is 0 Å². The van der Waals surface area contributed by atoms with Crippen molar-refractivity contribution in [3.8, 4) is 0 Å². The monoisotopic (exact) mass is 294 g/mol. The van der Waals surface area contributed by atoms with Gasteiger partial charge in [-0.3, -0.25) is 4.79 Å². The SMILES string of the molecule is CCNC(=NCC(=O)N(C)CC(F)(F)F)NC1CC1C. The van der Waals surface area contributed by atoms with Crippen LogP contribution in [0.4, 0.5) is 13.2 Å². The molecule has 8 heteroatoms. The van der Waals surface area contributed by atoms with Gasteiger partial charge in [0.1, 0.15) is 13.1 Å². The lowest BCUT2D eigenvalue weighted by Gasteiger charge is -2.18. The summed E-state index contributed by atoms with van der Waals surface area (Å²) in [5.74, 6) is 0.362. The summed E-state index contributed by atoms with van der Waals surface area (Å²) in [6, 6.07) is 0.329. The van der Waals surface area contributed by atoms with Gasteiger partial charge in [-0.15, -0.1) is 0 Å². The summed E-state index contributed by atoms with van der Waals surface area (Å²) in [5, 5.41) is 6.09. The number of amides is 1. The van der Waals surface area contributed by atoms with E-state index in [-0.39, 0.29) is 6.54 Å². The molecule has 0 aromatic rings. The zero-order chi connectivity index (χ0) is 15.3. The Balaban J connectivity index is 2.46. The van der Waals surface area contributed by atoms with Crippen LogP contribution < -0.4 is 10.6 Å². The van der Waals surface area contributed by atoms with Crippen LogP contribution >= 0.6 is 0 Å². The van der Waals surface area contributed by atoms with E-state index >= 15 is 0 Å². The molecule has 20 heavy (non-hydrogen) atoms. The van der Waals surface area contributed by atoms with Crippen molar-refractivity contribution in [3.63, 3.8) is 0 Å². The molecule has 0 aromatic carbocycles. The summed E-state index contributed by atoms with van der Waals surface area (Å²) in [6.45, 7) is 3.03. The van der Waals surface area contributed by atoms with Crippen LogP contribution in [0.15, 0.2) is 4.99 Å². The molecular weight excluding hydrogens is 273 g/mol. The van der Waals surface area contributed by atoms with Crippen molar-refractivity contribution in [2.75, 3.05) is 26.7 Å². The molecule has 5 nitrogen and oxygen atoms in total. The average molecular weight is 294 g/mol. The number of halogens is 3. The molecule has 116 valence electrons. The molecule has 1 amide bonds. The number of nitrogens with one attached hydrogen (secondary N) is 2. The number of likely N-dealkylation sites (N-methyl/N-ethyl adjacent to an activating group) is 1. The highest BCUT2D eigenvalue weighted by Crippen LogP contribution is 2.28. The summed E-state index contributed by atoms with van der Waals surface area (Å²) >= 11 is 0. The van der Waals surface area contributed by atoms with Crippen molar-refractivity contribution in [3.05, 3.63) is 0 Å². The molecule has 2 unspecified atom stereocenters. The molecule has 0 aliphatic heterocycles. The third kappa shape index (κ3) is 6.12. The number of aliphatic imine (C=N–C) groups is 1. The number of carbonyl (C=O) groups is 1. The van der Waals surface area contributed by atoms with Crippen LogP contribution in [0, 0.1) is 5.92 Å². The smallest absolute Gasteiger partial charge is 0.357 e. The Morgan fingerprint density at radius 1 is 1.45 bits per heavy atom. The minimum atomic E-state index is -4.39. The highest BCUT2D eigenvalue weighted by atomic mass is 19.4. The first-order chi connectivity index (χ1) is 9.23. The van der Waals surface area contributed by atoms with E-state index in [0.29, 0.717) is 29.4 Å². The lowest BCUT2D eigenvalue weighted by atomic mass is 10.4. The van der Waals surface area contributed by atoms with E-state index in [4.69, 9.17) is 0 Å². The van der Waals surface area contributed by atoms with Crippen LogP contribution in [0.3, 0.4) is 0 Å². The van der Waals surface area contributed by atoms with Crippen molar-refractivity contribution in [2.45, 2.75) is 32.5 Å². The van der Waals surface area contributed by atoms with E-state index in [9.17, 15) is 18.0 Å². The van der Waals surface area contributed by atoms with E-state index in [1.807, 2.05) is 6.92 Å². The Morgan fingerprint density at radius 3 is 2.50 bits per heavy atom. The Labute approximate surface area is 116 Å². The van der Waals surface area contributed by atoms with E-state index in [1.54, 1.807) is 0 Å². The predicted octanol–water partition coefficient (Wildman–Crippen LogP) is 0.971. The second-order valence-electron chi connectivity index (χ2n) is 5.02. The van der Waals surface area contributed by atoms with Crippen LogP contribution in [0.1, 0.15) is 20.3 Å². The molecule has 1 fully saturated rings. The van der Waals surface area contributed by atoms with Crippen molar-refractivity contribution in [2.24, 2.45) is 10.9 Å². The van der Waals surface area contributed by atoms with Gasteiger partial charge in [0.2, 0.25) is 5.91 Å². The minimum Gasteiger partial charge on any atom is -0.357 e. The van der Waals surface area contributed by atoms with Crippen LogP contribution in [-0.2, 0) is 4.79 Å². The quantitative estimate of drug-likeness (QED) is 0.587. The fourth-order valence-corrected chi connectivity index (χ4v) is 1.64. The number of hydrogen-bond acceptors (Lipinski definition) is 2. The zero-order valence-electron chi connectivity index (χ0n) is 11.9. The van der Waals surface area contributed by atoms with E-state index < -0.39 is 18.6 Å². The molecule has 0 radical (unpaired) electrons. The number of hydrogen-bond donors (Lipinski definition) is 2. The lowest BCUT2D eigenvalue weighted by molar-refractivity contribution is -0.157. The van der Waals surface area contributed by atoms with E-state index in [1.165, 1.54) is 0 Å². The second kappa shape index (κ2) is 6.81. The maximum atomic E-state index is 12.2. The zero-order valence-corrected chi connectivity index (χ0v) is 11.9. The molecule has 1 saturated carbocycles. The summed E-state index contributed by atoms with van der Waals surface area (Å²) in [4.78, 5) is 16.2. The molecule has 2 atom stereocenters. The Bertz CT molecular complexity index is 370. The highest BCUT2D eigenvalue weighted by Gasteiger charge is 2.33. The maximum Gasteiger partial charge on any atom is 0.406 e. The summed E-state index contributed by atoms with van der Waals surface area (Å²) in [5.41, 5.74) is 0. The molecule has 0 saturated heterocycles. The van der Waals surface area contributed by atoms with E-state index in [2.05, 4.69) is 22.5 Å². The van der Waals surface area contributed by atoms with Crippen molar-refractivity contribution >= 4 is 11.9 Å². The maximum absolute atomic E-state index is 12.2. The van der Waals surface area contributed by atoms with Gasteiger partial charge in [-0.1, -0.05) is 6.92 Å². The molecule has 2 N–H and O–H groups in total. The lowest BCUT2D eigenvalue weighted by Crippen LogP contribution is -2.41. The van der Waals surface area contributed by atoms with Gasteiger partial charge in [0.05, 0.1) is 0 Å². The number of carbonyl (C=O) groups excluding carboxylic acids is 1. The molecule has 0 aromatic heterocycles. The van der Waals surface area contributed by atoms with E-state index in [0.717, 1.165) is 13.5 Å². The molecule has 1 aliphatic rings. The first kappa shape index (κ1) is 16.6. The molecule has 1 rings (SSSR count). The third-order valence-electron chi connectivity index (χ3n) is 2.99. The highest BCUT2D eigenvalue weighted by molar-refractivity contribution is 5.85. The topological polar surface area (TPSA) is 56.7 Å². The van der Waals surface area contributed by atoms with Gasteiger partial charge in [-0.2, -0.15) is 13.2 Å². The molecule has 0 heterocycles. The van der Waals surface area contributed by atoms with Crippen LogP contribution in [0.2, 0.25) is 0 Å². The Morgan fingerprint density at radius 2 is 2.05 bits per heavy atom. The predicted molar refractivity (Wildman–Crippen MR) is 70.4 cm³/mol. The van der Waals surface area contributed by atoms with Gasteiger partial charge in [-0.05, 0) is 19.3 Å². The van der Waals surface area contributed by atoms with Gasteiger partial charge >= 0.3 is 6.18 Å². The second-order valence-corrected chi connectivity index (χ2v) is 5.02.